The fourth-order valence-electron chi connectivity index (χ4n) is 2.43. The first-order valence-corrected chi connectivity index (χ1v) is 9.99. The molecule has 0 aliphatic heterocycles. The quantitative estimate of drug-likeness (QED) is 0.186. The summed E-state index contributed by atoms with van der Waals surface area (Å²) in [5.41, 5.74) is -0.0792. The van der Waals surface area contributed by atoms with Crippen LogP contribution in [0.3, 0.4) is 0 Å². The van der Waals surface area contributed by atoms with Crippen LogP contribution < -0.4 is 4.74 Å². The number of methoxy groups -OCH3 is 1. The molecule has 0 bridgehead atoms. The summed E-state index contributed by atoms with van der Waals surface area (Å²) in [6, 6.07) is 10.5. The molecule has 2 aromatic rings. The molecule has 0 heterocycles. The summed E-state index contributed by atoms with van der Waals surface area (Å²) in [7, 11) is 1.32. The van der Waals surface area contributed by atoms with Gasteiger partial charge in [0.05, 0.1) is 19.6 Å². The maximum absolute atomic E-state index is 13.0. The molecule has 6 nitrogen and oxygen atoms in total. The summed E-state index contributed by atoms with van der Waals surface area (Å²) in [4.78, 5) is 41.2. The van der Waals surface area contributed by atoms with Gasteiger partial charge in [0.1, 0.15) is 5.75 Å². The topological polar surface area (TPSA) is 82.0 Å². The first-order valence-electron chi connectivity index (χ1n) is 7.78. The van der Waals surface area contributed by atoms with E-state index in [1.807, 2.05) is 24.6 Å². The molecular weight excluding hydrogens is 354 g/mol. The van der Waals surface area contributed by atoms with Gasteiger partial charge in [0.2, 0.25) is 11.6 Å². The van der Waals surface area contributed by atoms with Gasteiger partial charge in [0.25, 0.3) is 0 Å². The molecule has 0 aromatic heterocycles. The van der Waals surface area contributed by atoms with Crippen LogP contribution in [-0.4, -0.2) is 48.6 Å². The molecule has 26 heavy (non-hydrogen) atoms. The van der Waals surface area contributed by atoms with Crippen LogP contribution in [0.2, 0.25) is 0 Å². The van der Waals surface area contributed by atoms with Crippen molar-refractivity contribution >= 4 is 44.9 Å². The van der Waals surface area contributed by atoms with Crippen LogP contribution >= 0.6 is 0 Å². The Morgan fingerprint density at radius 1 is 1.04 bits per heavy atom. The monoisotopic (exact) mass is 374 g/mol. The SMILES string of the molecule is COc1ccc(C(=O)C(=NOC(C)=O)C(=O)C[S+](C)C)c2ccccc12. The van der Waals surface area contributed by atoms with Crippen LogP contribution in [0.4, 0.5) is 0 Å². The molecule has 0 amide bonds. The van der Waals surface area contributed by atoms with E-state index in [9.17, 15) is 14.4 Å². The van der Waals surface area contributed by atoms with E-state index in [1.165, 1.54) is 0 Å². The van der Waals surface area contributed by atoms with Crippen molar-refractivity contribution in [2.75, 3.05) is 25.4 Å². The number of benzene rings is 2. The highest BCUT2D eigenvalue weighted by Crippen LogP contribution is 2.28. The molecule has 0 saturated carbocycles. The standard InChI is InChI=1S/C19H20NO5S/c1-12(21)25-20-18(16(22)11-26(3)4)19(23)15-9-10-17(24-2)14-8-6-5-7-13(14)15/h5-10H,11H2,1-4H3/q+1. The lowest BCUT2D eigenvalue weighted by molar-refractivity contribution is -0.140. The number of nitrogens with zero attached hydrogens (tertiary/aromatic N) is 1. The number of rotatable bonds is 7. The van der Waals surface area contributed by atoms with Crippen molar-refractivity contribution < 1.29 is 24.0 Å². The largest absolute Gasteiger partial charge is 0.496 e. The molecule has 0 spiro atoms. The number of carbonyl (C=O) groups is 3. The third-order valence-electron chi connectivity index (χ3n) is 3.51. The zero-order valence-electron chi connectivity index (χ0n) is 15.1. The third kappa shape index (κ3) is 4.49. The van der Waals surface area contributed by atoms with Crippen LogP contribution in [0.25, 0.3) is 10.8 Å². The van der Waals surface area contributed by atoms with Crippen LogP contribution in [0, 0.1) is 0 Å². The van der Waals surface area contributed by atoms with Gasteiger partial charge in [-0.25, -0.2) is 4.79 Å². The number of carbonyl (C=O) groups excluding carboxylic acids is 3. The molecule has 0 aliphatic carbocycles. The summed E-state index contributed by atoms with van der Waals surface area (Å²) in [6.45, 7) is 1.16. The summed E-state index contributed by atoms with van der Waals surface area (Å²) >= 11 is 0. The number of hydrogen-bond acceptors (Lipinski definition) is 6. The molecule has 7 heteroatoms. The summed E-state index contributed by atoms with van der Waals surface area (Å²) in [6.07, 6.45) is 3.77. The number of ketones is 2. The normalized spacial score (nSPS) is 11.5. The highest BCUT2D eigenvalue weighted by Gasteiger charge is 2.28. The Kier molecular flexibility index (Phi) is 6.52. The van der Waals surface area contributed by atoms with Gasteiger partial charge in [-0.2, -0.15) is 0 Å². The van der Waals surface area contributed by atoms with Crippen molar-refractivity contribution in [2.24, 2.45) is 5.16 Å². The number of hydrogen-bond donors (Lipinski definition) is 0. The van der Waals surface area contributed by atoms with Crippen molar-refractivity contribution in [3.05, 3.63) is 42.0 Å². The van der Waals surface area contributed by atoms with E-state index in [2.05, 4.69) is 9.99 Å². The molecule has 0 atom stereocenters. The summed E-state index contributed by atoms with van der Waals surface area (Å²) < 4.78 is 5.33. The number of Topliss-reactive ketones (excluding diaryl/α,β-unsaturated/α-hetero) is 2. The molecule has 2 aromatic carbocycles. The number of ether oxygens (including phenoxy) is 1. The number of oxime groups is 1. The van der Waals surface area contributed by atoms with Gasteiger partial charge >= 0.3 is 5.97 Å². The van der Waals surface area contributed by atoms with Crippen molar-refractivity contribution in [1.29, 1.82) is 0 Å². The van der Waals surface area contributed by atoms with E-state index >= 15 is 0 Å². The predicted molar refractivity (Wildman–Crippen MR) is 103 cm³/mol. The lowest BCUT2D eigenvalue weighted by atomic mass is 9.97. The van der Waals surface area contributed by atoms with E-state index in [0.29, 0.717) is 16.7 Å². The molecular formula is C19H20NO5S+. The first kappa shape index (κ1) is 19.7. The Bertz CT molecular complexity index is 889. The fourth-order valence-corrected chi connectivity index (χ4v) is 3.10. The summed E-state index contributed by atoms with van der Waals surface area (Å²) in [5.74, 6) is -0.967. The van der Waals surface area contributed by atoms with Gasteiger partial charge in [0.15, 0.2) is 11.5 Å². The Morgan fingerprint density at radius 3 is 2.27 bits per heavy atom. The van der Waals surface area contributed by atoms with Gasteiger partial charge in [-0.15, -0.1) is 0 Å². The Hall–Kier alpha value is -2.67. The second kappa shape index (κ2) is 8.62. The zero-order chi connectivity index (χ0) is 19.3. The van der Waals surface area contributed by atoms with E-state index < -0.39 is 17.5 Å². The maximum atomic E-state index is 13.0. The predicted octanol–water partition coefficient (Wildman–Crippen LogP) is 2.40. The maximum Gasteiger partial charge on any atom is 0.332 e. The van der Waals surface area contributed by atoms with Crippen molar-refractivity contribution in [3.8, 4) is 5.75 Å². The Balaban J connectivity index is 2.55. The van der Waals surface area contributed by atoms with Crippen LogP contribution in [0.15, 0.2) is 41.6 Å². The highest BCUT2D eigenvalue weighted by molar-refractivity contribution is 7.96. The lowest BCUT2D eigenvalue weighted by Gasteiger charge is -2.10. The van der Waals surface area contributed by atoms with Crippen LogP contribution in [0.5, 0.6) is 5.75 Å². The van der Waals surface area contributed by atoms with E-state index in [0.717, 1.165) is 12.3 Å². The molecule has 0 radical (unpaired) electrons. The first-order chi connectivity index (χ1) is 12.3. The van der Waals surface area contributed by atoms with Crippen molar-refractivity contribution in [3.63, 3.8) is 0 Å². The van der Waals surface area contributed by atoms with Crippen molar-refractivity contribution in [2.45, 2.75) is 6.92 Å². The molecule has 136 valence electrons. The fraction of sp³-hybridized carbons (Fsp3) is 0.263. The second-order valence-electron chi connectivity index (χ2n) is 5.77. The van der Waals surface area contributed by atoms with Crippen LogP contribution in [0.1, 0.15) is 17.3 Å². The van der Waals surface area contributed by atoms with Crippen molar-refractivity contribution in [1.82, 2.24) is 0 Å². The Labute approximate surface area is 154 Å². The van der Waals surface area contributed by atoms with Gasteiger partial charge < -0.3 is 9.57 Å². The molecule has 0 saturated heterocycles. The second-order valence-corrected chi connectivity index (χ2v) is 8.03. The molecule has 0 aliphatic rings. The average Bonchev–Trinajstić information content (AvgIpc) is 2.59. The smallest absolute Gasteiger partial charge is 0.332 e. The molecule has 0 N–H and O–H groups in total. The van der Waals surface area contributed by atoms with E-state index in [4.69, 9.17) is 4.74 Å². The van der Waals surface area contributed by atoms with Gasteiger partial charge in [-0.05, 0) is 28.4 Å². The lowest BCUT2D eigenvalue weighted by Crippen LogP contribution is -2.30. The zero-order valence-corrected chi connectivity index (χ0v) is 15.9. The van der Waals surface area contributed by atoms with Gasteiger partial charge in [-0.1, -0.05) is 29.4 Å². The minimum Gasteiger partial charge on any atom is -0.496 e. The summed E-state index contributed by atoms with van der Waals surface area (Å²) in [5, 5.41) is 4.92. The minimum atomic E-state index is -0.699. The molecule has 0 unspecified atom stereocenters. The molecule has 2 rings (SSSR count). The Morgan fingerprint density at radius 2 is 1.69 bits per heavy atom. The van der Waals surface area contributed by atoms with E-state index in [1.54, 1.807) is 31.4 Å². The van der Waals surface area contributed by atoms with Gasteiger partial charge in [0, 0.05) is 17.9 Å². The third-order valence-corrected chi connectivity index (χ3v) is 4.35. The van der Waals surface area contributed by atoms with Gasteiger partial charge in [-0.3, -0.25) is 9.59 Å². The average molecular weight is 374 g/mol. The highest BCUT2D eigenvalue weighted by atomic mass is 32.2. The van der Waals surface area contributed by atoms with Crippen LogP contribution in [-0.2, 0) is 25.3 Å². The van der Waals surface area contributed by atoms with E-state index in [-0.39, 0.29) is 22.4 Å². The number of fused-ring (bicyclic) bond motifs is 1. The minimum absolute atomic E-state index is 0.153. The molecule has 0 fully saturated rings.